The summed E-state index contributed by atoms with van der Waals surface area (Å²) in [7, 11) is 3.18. The molecular formula is C23H30N2O4S2. The molecule has 1 aliphatic rings. The van der Waals surface area contributed by atoms with Crippen LogP contribution in [0.25, 0.3) is 0 Å². The average molecular weight is 463 g/mol. The fourth-order valence-corrected chi connectivity index (χ4v) is 5.71. The van der Waals surface area contributed by atoms with Gasteiger partial charge in [0.15, 0.2) is 11.5 Å². The van der Waals surface area contributed by atoms with E-state index in [1.165, 1.54) is 17.8 Å². The van der Waals surface area contributed by atoms with Crippen molar-refractivity contribution < 1.29 is 19.1 Å². The Morgan fingerprint density at radius 1 is 1.13 bits per heavy atom. The first kappa shape index (κ1) is 23.5. The summed E-state index contributed by atoms with van der Waals surface area (Å²) in [5.41, 5.74) is 0.908. The molecule has 2 amide bonds. The molecule has 2 aromatic rings. The van der Waals surface area contributed by atoms with Gasteiger partial charge >= 0.3 is 0 Å². The molecule has 0 saturated carbocycles. The van der Waals surface area contributed by atoms with E-state index in [1.54, 1.807) is 36.9 Å². The van der Waals surface area contributed by atoms with Crippen LogP contribution in [0.4, 0.5) is 0 Å². The lowest BCUT2D eigenvalue weighted by Gasteiger charge is -2.29. The molecule has 8 heteroatoms. The van der Waals surface area contributed by atoms with Crippen molar-refractivity contribution in [1.82, 2.24) is 10.2 Å². The van der Waals surface area contributed by atoms with Crippen LogP contribution in [0.3, 0.4) is 0 Å². The van der Waals surface area contributed by atoms with Gasteiger partial charge in [0, 0.05) is 12.3 Å². The Balaban J connectivity index is 1.82. The molecule has 0 bridgehead atoms. The van der Waals surface area contributed by atoms with Crippen molar-refractivity contribution in [3.8, 4) is 11.5 Å². The molecular weight excluding hydrogens is 432 g/mol. The maximum Gasteiger partial charge on any atom is 0.265 e. The maximum atomic E-state index is 13.4. The number of carbonyl (C=O) groups excluding carboxylic acids is 2. The summed E-state index contributed by atoms with van der Waals surface area (Å²) < 4.78 is 10.8. The maximum absolute atomic E-state index is 13.4. The Morgan fingerprint density at radius 2 is 1.94 bits per heavy atom. The van der Waals surface area contributed by atoms with Gasteiger partial charge in [0.2, 0.25) is 5.91 Å². The Kier molecular flexibility index (Phi) is 8.66. The summed E-state index contributed by atoms with van der Waals surface area (Å²) in [6.45, 7) is 2.80. The summed E-state index contributed by atoms with van der Waals surface area (Å²) in [5, 5.41) is 4.65. The third-order valence-electron chi connectivity index (χ3n) is 5.29. The highest BCUT2D eigenvalue weighted by atomic mass is 32.2. The zero-order valence-corrected chi connectivity index (χ0v) is 19.9. The van der Waals surface area contributed by atoms with Crippen molar-refractivity contribution in [2.45, 2.75) is 44.0 Å². The number of carbonyl (C=O) groups is 2. The largest absolute Gasteiger partial charge is 0.493 e. The summed E-state index contributed by atoms with van der Waals surface area (Å²) in [5.74, 6) is 1.58. The number of nitrogens with zero attached hydrogens (tertiary/aromatic N) is 1. The highest BCUT2D eigenvalue weighted by Gasteiger charge is 2.43. The lowest BCUT2D eigenvalue weighted by molar-refractivity contribution is -0.124. The van der Waals surface area contributed by atoms with Crippen molar-refractivity contribution in [3.63, 3.8) is 0 Å². The lowest BCUT2D eigenvalue weighted by atomic mass is 10.1. The molecule has 6 nitrogen and oxygen atoms in total. The Morgan fingerprint density at radius 3 is 2.61 bits per heavy atom. The fraction of sp³-hybridized carbons (Fsp3) is 0.478. The molecule has 0 radical (unpaired) electrons. The molecule has 1 N–H and O–H groups in total. The number of hydrogen-bond donors (Lipinski definition) is 1. The van der Waals surface area contributed by atoms with Gasteiger partial charge in [-0.1, -0.05) is 38.3 Å². The minimum absolute atomic E-state index is 0.0862. The Hall–Kier alpha value is -2.19. The van der Waals surface area contributed by atoms with E-state index in [0.29, 0.717) is 28.7 Å². The molecule has 2 heterocycles. The van der Waals surface area contributed by atoms with Crippen LogP contribution in [0.5, 0.6) is 11.5 Å². The van der Waals surface area contributed by atoms with Gasteiger partial charge in [0.25, 0.3) is 5.91 Å². The van der Waals surface area contributed by atoms with Gasteiger partial charge in [-0.25, -0.2) is 0 Å². The highest BCUT2D eigenvalue weighted by Crippen LogP contribution is 2.44. The molecule has 168 valence electrons. The SMILES string of the molecule is CCCCCCNC(=O)C1CSC(c2ccc(OC)c(OC)c2)N1C(=O)c1cccs1. The first-order valence-electron chi connectivity index (χ1n) is 10.6. The standard InChI is InChI=1S/C23H30N2O4S2/c1-4-5-6-7-12-24-21(26)17-15-31-23(25(17)22(27)20-9-8-13-30-20)16-10-11-18(28-2)19(14-16)29-3/h8-11,13-14,17,23H,4-7,12,15H2,1-3H3,(H,24,26). The zero-order valence-electron chi connectivity index (χ0n) is 18.3. The molecule has 3 rings (SSSR count). The van der Waals surface area contributed by atoms with Gasteiger partial charge in [-0.15, -0.1) is 23.1 Å². The monoisotopic (exact) mass is 462 g/mol. The van der Waals surface area contributed by atoms with Crippen LogP contribution in [0, 0.1) is 0 Å². The average Bonchev–Trinajstić information content (AvgIpc) is 3.48. The molecule has 1 fully saturated rings. The Labute approximate surface area is 192 Å². The van der Waals surface area contributed by atoms with Crippen molar-refractivity contribution >= 4 is 34.9 Å². The quantitative estimate of drug-likeness (QED) is 0.518. The second kappa shape index (κ2) is 11.4. The van der Waals surface area contributed by atoms with Crippen LogP contribution in [0.2, 0.25) is 0 Å². The molecule has 1 aliphatic heterocycles. The van der Waals surface area contributed by atoms with Gasteiger partial charge < -0.3 is 19.7 Å². The summed E-state index contributed by atoms with van der Waals surface area (Å²) in [6.07, 6.45) is 4.38. The van der Waals surface area contributed by atoms with Crippen LogP contribution in [-0.4, -0.2) is 49.3 Å². The number of thioether (sulfide) groups is 1. The van der Waals surface area contributed by atoms with Crippen molar-refractivity contribution in [3.05, 3.63) is 46.2 Å². The van der Waals surface area contributed by atoms with Crippen molar-refractivity contribution in [2.24, 2.45) is 0 Å². The van der Waals surface area contributed by atoms with E-state index in [0.717, 1.165) is 24.8 Å². The second-order valence-corrected chi connectivity index (χ2v) is 9.42. The number of methoxy groups -OCH3 is 2. The number of benzene rings is 1. The number of rotatable bonds is 10. The Bertz CT molecular complexity index is 872. The van der Waals surface area contributed by atoms with Gasteiger partial charge in [0.05, 0.1) is 19.1 Å². The molecule has 0 spiro atoms. The molecule has 2 atom stereocenters. The predicted octanol–water partition coefficient (Wildman–Crippen LogP) is 4.72. The van der Waals surface area contributed by atoms with E-state index < -0.39 is 6.04 Å². The molecule has 31 heavy (non-hydrogen) atoms. The van der Waals surface area contributed by atoms with Gasteiger partial charge in [-0.05, 0) is 35.6 Å². The van der Waals surface area contributed by atoms with Crippen molar-refractivity contribution in [2.75, 3.05) is 26.5 Å². The van der Waals surface area contributed by atoms with E-state index >= 15 is 0 Å². The summed E-state index contributed by atoms with van der Waals surface area (Å²) >= 11 is 2.99. The summed E-state index contributed by atoms with van der Waals surface area (Å²) in [4.78, 5) is 28.7. The second-order valence-electron chi connectivity index (χ2n) is 7.36. The zero-order chi connectivity index (χ0) is 22.2. The topological polar surface area (TPSA) is 67.9 Å². The van der Waals surface area contributed by atoms with E-state index in [1.807, 2.05) is 29.6 Å². The number of hydrogen-bond acceptors (Lipinski definition) is 6. The minimum atomic E-state index is -0.510. The van der Waals surface area contributed by atoms with Crippen LogP contribution in [0.15, 0.2) is 35.7 Å². The molecule has 1 aromatic carbocycles. The first-order valence-corrected chi connectivity index (χ1v) is 12.5. The number of ether oxygens (including phenoxy) is 2. The third-order valence-corrected chi connectivity index (χ3v) is 7.47. The summed E-state index contributed by atoms with van der Waals surface area (Å²) in [6, 6.07) is 8.80. The van der Waals surface area contributed by atoms with Crippen molar-refractivity contribution in [1.29, 1.82) is 0 Å². The predicted molar refractivity (Wildman–Crippen MR) is 126 cm³/mol. The highest BCUT2D eigenvalue weighted by molar-refractivity contribution is 7.99. The molecule has 2 unspecified atom stereocenters. The van der Waals surface area contributed by atoms with Gasteiger partial charge in [-0.3, -0.25) is 9.59 Å². The lowest BCUT2D eigenvalue weighted by Crippen LogP contribution is -2.48. The van der Waals surface area contributed by atoms with Crippen LogP contribution in [0.1, 0.15) is 53.2 Å². The normalized spacial score (nSPS) is 18.1. The number of thiophene rings is 1. The molecule has 1 saturated heterocycles. The van der Waals surface area contributed by atoms with E-state index in [2.05, 4.69) is 12.2 Å². The van der Waals surface area contributed by atoms with Gasteiger partial charge in [-0.2, -0.15) is 0 Å². The first-order chi connectivity index (χ1) is 15.1. The third kappa shape index (κ3) is 5.54. The van der Waals surface area contributed by atoms with Crippen LogP contribution < -0.4 is 14.8 Å². The van der Waals surface area contributed by atoms with Crippen LogP contribution >= 0.6 is 23.1 Å². The van der Waals surface area contributed by atoms with E-state index in [4.69, 9.17) is 9.47 Å². The smallest absolute Gasteiger partial charge is 0.265 e. The number of amides is 2. The molecule has 0 aliphatic carbocycles. The van der Waals surface area contributed by atoms with Crippen LogP contribution in [-0.2, 0) is 4.79 Å². The molecule has 1 aromatic heterocycles. The minimum Gasteiger partial charge on any atom is -0.493 e. The van der Waals surface area contributed by atoms with E-state index in [9.17, 15) is 9.59 Å². The number of unbranched alkanes of at least 4 members (excludes halogenated alkanes) is 3. The van der Waals surface area contributed by atoms with E-state index in [-0.39, 0.29) is 17.2 Å². The fourth-order valence-electron chi connectivity index (χ4n) is 3.63. The van der Waals surface area contributed by atoms with Gasteiger partial charge in [0.1, 0.15) is 11.4 Å². The number of nitrogens with one attached hydrogen (secondary N) is 1.